The van der Waals surface area contributed by atoms with Gasteiger partial charge >= 0.3 is 0 Å². The van der Waals surface area contributed by atoms with E-state index in [-0.39, 0.29) is 68.1 Å². The van der Waals surface area contributed by atoms with Crippen molar-refractivity contribution in [2.45, 2.75) is 122 Å². The van der Waals surface area contributed by atoms with E-state index in [2.05, 4.69) is 36.9 Å². The first-order valence-corrected chi connectivity index (χ1v) is 23.4. The van der Waals surface area contributed by atoms with E-state index in [4.69, 9.17) is 11.5 Å². The topological polar surface area (TPSA) is 300 Å². The van der Waals surface area contributed by atoms with E-state index in [1.807, 2.05) is 64.1 Å². The highest BCUT2D eigenvalue weighted by Gasteiger charge is 2.39. The van der Waals surface area contributed by atoms with Gasteiger partial charge in [-0.1, -0.05) is 82.3 Å². The van der Waals surface area contributed by atoms with Gasteiger partial charge in [-0.05, 0) is 91.3 Å². The molecule has 7 amide bonds. The minimum Gasteiger partial charge on any atom is -0.508 e. The molecule has 1 heterocycles. The molecule has 0 saturated carbocycles. The molecule has 0 spiro atoms. The molecule has 1 aliphatic heterocycles. The number of carbonyl (C=O) groups is 7. The fourth-order valence-corrected chi connectivity index (χ4v) is 8.19. The monoisotopic (exact) mass is 943 g/mol. The zero-order valence-corrected chi connectivity index (χ0v) is 39.8. The summed E-state index contributed by atoms with van der Waals surface area (Å²) in [6, 6.07) is 12.1. The number of aliphatic hydroxyl groups is 1. The van der Waals surface area contributed by atoms with Gasteiger partial charge in [0, 0.05) is 26.1 Å². The van der Waals surface area contributed by atoms with Crippen LogP contribution in [0.3, 0.4) is 0 Å². The van der Waals surface area contributed by atoms with Gasteiger partial charge in [0.15, 0.2) is 5.96 Å². The van der Waals surface area contributed by atoms with Crippen LogP contribution in [0, 0.1) is 11.8 Å². The largest absolute Gasteiger partial charge is 0.508 e. The third-order valence-corrected chi connectivity index (χ3v) is 11.5. The van der Waals surface area contributed by atoms with Gasteiger partial charge in [0.05, 0.1) is 13.0 Å². The molecule has 1 saturated heterocycles. The minimum absolute atomic E-state index is 0.0251. The Labute approximate surface area is 398 Å². The van der Waals surface area contributed by atoms with Gasteiger partial charge in [0.25, 0.3) is 0 Å². The molecule has 68 heavy (non-hydrogen) atoms. The van der Waals surface area contributed by atoms with E-state index in [1.54, 1.807) is 25.1 Å². The van der Waals surface area contributed by atoms with Crippen molar-refractivity contribution in [3.63, 3.8) is 0 Å². The molecule has 0 radical (unpaired) electrons. The first kappa shape index (κ1) is 53.9. The highest BCUT2D eigenvalue weighted by atomic mass is 16.3. The zero-order chi connectivity index (χ0) is 49.9. The average Bonchev–Trinajstić information content (AvgIpc) is 3.79. The van der Waals surface area contributed by atoms with Crippen LogP contribution in [0.5, 0.6) is 5.75 Å². The lowest BCUT2D eigenvalue weighted by Crippen LogP contribution is -2.60. The first-order chi connectivity index (χ1) is 32.4. The van der Waals surface area contributed by atoms with E-state index < -0.39 is 78.3 Å². The second kappa shape index (κ2) is 26.5. The van der Waals surface area contributed by atoms with E-state index in [1.165, 1.54) is 17.0 Å². The molecule has 0 aliphatic carbocycles. The van der Waals surface area contributed by atoms with Gasteiger partial charge < -0.3 is 58.5 Å². The van der Waals surface area contributed by atoms with Crippen LogP contribution in [0.15, 0.2) is 71.7 Å². The summed E-state index contributed by atoms with van der Waals surface area (Å²) in [7, 11) is 0. The summed E-state index contributed by atoms with van der Waals surface area (Å²) in [4.78, 5) is 102. The Morgan fingerprint density at radius 1 is 0.735 bits per heavy atom. The molecule has 19 nitrogen and oxygen atoms in total. The molecule has 0 bridgehead atoms. The van der Waals surface area contributed by atoms with Crippen molar-refractivity contribution in [3.8, 4) is 5.75 Å². The Kier molecular flexibility index (Phi) is 21.0. The van der Waals surface area contributed by atoms with Crippen molar-refractivity contribution in [3.05, 3.63) is 77.9 Å². The molecule has 3 aromatic rings. The molecular formula is C49H70N10O9. The molecule has 3 aromatic carbocycles. The van der Waals surface area contributed by atoms with Crippen LogP contribution in [0.25, 0.3) is 10.8 Å². The number of nitrogens with zero attached hydrogens (tertiary/aromatic N) is 2. The summed E-state index contributed by atoms with van der Waals surface area (Å²) in [6.45, 7) is 9.30. The van der Waals surface area contributed by atoms with Crippen molar-refractivity contribution >= 4 is 58.1 Å². The molecule has 19 heteroatoms. The maximum absolute atomic E-state index is 14.3. The Morgan fingerprint density at radius 3 is 1.91 bits per heavy atom. The third-order valence-electron chi connectivity index (χ3n) is 11.5. The first-order valence-electron chi connectivity index (χ1n) is 23.4. The van der Waals surface area contributed by atoms with Crippen LogP contribution < -0.4 is 43.4 Å². The number of aliphatic imine (C=N–C) groups is 1. The van der Waals surface area contributed by atoms with Crippen LogP contribution in [0.2, 0.25) is 0 Å². The van der Waals surface area contributed by atoms with Gasteiger partial charge in [-0.25, -0.2) is 0 Å². The third kappa shape index (κ3) is 16.5. The number of fused-ring (bicyclic) bond motifs is 1. The highest BCUT2D eigenvalue weighted by molar-refractivity contribution is 5.98. The van der Waals surface area contributed by atoms with Gasteiger partial charge in [-0.2, -0.15) is 0 Å². The molecule has 6 atom stereocenters. The van der Waals surface area contributed by atoms with E-state index >= 15 is 0 Å². The Balaban J connectivity index is 1.54. The number of benzene rings is 3. The summed E-state index contributed by atoms with van der Waals surface area (Å²) >= 11 is 0. The number of aromatic hydroxyl groups is 1. The Bertz CT molecular complexity index is 2230. The predicted octanol–water partition coefficient (Wildman–Crippen LogP) is 1.02. The number of hydrogen-bond donors (Lipinski definition) is 10. The minimum atomic E-state index is -1.44. The fourth-order valence-electron chi connectivity index (χ4n) is 8.19. The maximum atomic E-state index is 14.3. The summed E-state index contributed by atoms with van der Waals surface area (Å²) in [5.41, 5.74) is 12.3. The quantitative estimate of drug-likeness (QED) is 0.0325. The number of guanidine groups is 1. The standard InChI is InChI=1S/C49H70N10O9/c1-6-52-47(67)41-17-11-23-59(41)48(68)36(16-10-22-53-49(50)51)55-43(63)37(24-29(2)3)56-44(64)38(25-30(4)5)57-45(65)39(26-31-18-20-34(61)21-19-31)58-46(66)40(28-60)54-42(62)27-33-14-9-13-32-12-7-8-15-35(32)33/h7-9,12-15,18-21,29-30,36-41,60-61H,6,10-11,16-17,22-28H2,1-5H3,(H,52,67)(H,54,62)(H,55,63)(H,56,64)(H,57,65)(H,58,66)(H4,50,51,53)/t36-,37-,38+,39-,40-,41-/m0/s1. The van der Waals surface area contributed by atoms with Crippen molar-refractivity contribution in [1.29, 1.82) is 0 Å². The number of carbonyl (C=O) groups excluding carboxylic acids is 7. The SMILES string of the molecule is CCNC(=O)[C@@H]1CCCN1C(=O)[C@H](CCCN=C(N)N)NC(=O)[C@H](CC(C)C)NC(=O)[C@@H](CC(C)C)NC(=O)[C@H](Cc1ccc(O)cc1)NC(=O)[C@H](CO)NC(=O)Cc1cccc2ccccc12. The van der Waals surface area contributed by atoms with Crippen LogP contribution in [-0.2, 0) is 46.4 Å². The zero-order valence-electron chi connectivity index (χ0n) is 39.8. The van der Waals surface area contributed by atoms with Gasteiger partial charge in [-0.15, -0.1) is 0 Å². The molecule has 370 valence electrons. The number of aliphatic hydroxyl groups excluding tert-OH is 1. The van der Waals surface area contributed by atoms with E-state index in [0.717, 1.165) is 10.8 Å². The molecule has 1 fully saturated rings. The van der Waals surface area contributed by atoms with Crippen LogP contribution in [0.4, 0.5) is 0 Å². The number of nitrogens with one attached hydrogen (secondary N) is 6. The number of phenols is 1. The summed E-state index contributed by atoms with van der Waals surface area (Å²) < 4.78 is 0. The number of likely N-dealkylation sites (tertiary alicyclic amines) is 1. The molecule has 1 aliphatic rings. The number of hydrogen-bond acceptors (Lipinski definition) is 10. The number of phenolic OH excluding ortho intramolecular Hbond substituents is 1. The lowest BCUT2D eigenvalue weighted by Gasteiger charge is -2.31. The van der Waals surface area contributed by atoms with Crippen molar-refractivity contribution in [2.24, 2.45) is 28.3 Å². The Morgan fingerprint density at radius 2 is 1.31 bits per heavy atom. The van der Waals surface area contributed by atoms with Gasteiger partial charge in [0.1, 0.15) is 42.0 Å². The smallest absolute Gasteiger partial charge is 0.245 e. The number of rotatable bonds is 25. The second-order valence-corrected chi connectivity index (χ2v) is 18.0. The fraction of sp³-hybridized carbons (Fsp3) is 0.510. The van der Waals surface area contributed by atoms with Crippen molar-refractivity contribution in [1.82, 2.24) is 36.8 Å². The predicted molar refractivity (Wildman–Crippen MR) is 258 cm³/mol. The number of nitrogens with two attached hydrogens (primary N) is 2. The summed E-state index contributed by atoms with van der Waals surface area (Å²) in [5, 5.41) is 38.4. The van der Waals surface area contributed by atoms with Crippen LogP contribution in [0.1, 0.15) is 84.3 Å². The molecule has 0 unspecified atom stereocenters. The second-order valence-electron chi connectivity index (χ2n) is 18.0. The lowest BCUT2D eigenvalue weighted by atomic mass is 9.98. The molecular weight excluding hydrogens is 873 g/mol. The number of amides is 7. The van der Waals surface area contributed by atoms with E-state index in [9.17, 15) is 43.8 Å². The Hall–Kier alpha value is -6.76. The van der Waals surface area contributed by atoms with E-state index in [0.29, 0.717) is 43.5 Å². The van der Waals surface area contributed by atoms with Gasteiger partial charge in [0.2, 0.25) is 41.4 Å². The maximum Gasteiger partial charge on any atom is 0.245 e. The molecule has 0 aromatic heterocycles. The number of likely N-dealkylation sites (N-methyl/N-ethyl adjacent to an activating group) is 1. The van der Waals surface area contributed by atoms with Crippen molar-refractivity contribution < 1.29 is 43.8 Å². The highest BCUT2D eigenvalue weighted by Crippen LogP contribution is 2.22. The lowest BCUT2D eigenvalue weighted by molar-refractivity contribution is -0.142. The van der Waals surface area contributed by atoms with Gasteiger partial charge in [-0.3, -0.25) is 38.6 Å². The van der Waals surface area contributed by atoms with Crippen molar-refractivity contribution in [2.75, 3.05) is 26.2 Å². The van der Waals surface area contributed by atoms with Crippen LogP contribution in [-0.4, -0.2) is 125 Å². The summed E-state index contributed by atoms with van der Waals surface area (Å²) in [5.74, 6) is -4.65. The summed E-state index contributed by atoms with van der Waals surface area (Å²) in [6.07, 6.45) is 1.60. The average molecular weight is 943 g/mol. The molecule has 4 rings (SSSR count). The molecule has 12 N–H and O–H groups in total. The van der Waals surface area contributed by atoms with Crippen LogP contribution >= 0.6 is 0 Å². The normalized spacial score (nSPS) is 15.6.